The van der Waals surface area contributed by atoms with Gasteiger partial charge < -0.3 is 25.0 Å². The first-order valence-corrected chi connectivity index (χ1v) is 8.79. The molecule has 150 valence electrons. The molecule has 0 saturated carbocycles. The van der Waals surface area contributed by atoms with E-state index >= 15 is 0 Å². The second-order valence-electron chi connectivity index (χ2n) is 6.19. The van der Waals surface area contributed by atoms with E-state index in [4.69, 9.17) is 4.74 Å². The lowest BCUT2D eigenvalue weighted by molar-refractivity contribution is 0.180. The number of aromatic nitrogens is 3. The molecular weight excluding hydrogens is 459 g/mol. The first-order valence-electron chi connectivity index (χ1n) is 8.79. The zero-order chi connectivity index (χ0) is 18.9. The Morgan fingerprint density at radius 1 is 1.26 bits per heavy atom. The van der Waals surface area contributed by atoms with Crippen LogP contribution in [0.5, 0.6) is 5.75 Å². The molecule has 1 unspecified atom stereocenters. The Labute approximate surface area is 177 Å². The minimum atomic E-state index is -0.651. The van der Waals surface area contributed by atoms with Crippen LogP contribution in [-0.2, 0) is 13.6 Å². The van der Waals surface area contributed by atoms with Crippen LogP contribution in [-0.4, -0.2) is 45.0 Å². The van der Waals surface area contributed by atoms with Crippen LogP contribution in [0, 0.1) is 0 Å². The molecule has 0 saturated heterocycles. The maximum absolute atomic E-state index is 10.4. The fraction of sp³-hybridized carbons (Fsp3) is 0.500. The summed E-state index contributed by atoms with van der Waals surface area (Å²) in [6.07, 6.45) is 1.11. The lowest BCUT2D eigenvalue weighted by atomic mass is 10.1. The quantitative estimate of drug-likeness (QED) is 0.299. The van der Waals surface area contributed by atoms with Crippen molar-refractivity contribution in [2.45, 2.75) is 39.5 Å². The van der Waals surface area contributed by atoms with Crippen molar-refractivity contribution in [3.05, 3.63) is 42.0 Å². The molecule has 3 N–H and O–H groups in total. The maximum Gasteiger partial charge on any atom is 0.191 e. The van der Waals surface area contributed by atoms with Gasteiger partial charge in [0.2, 0.25) is 0 Å². The van der Waals surface area contributed by atoms with E-state index in [9.17, 15) is 5.11 Å². The normalized spacial score (nSPS) is 12.4. The number of nitrogens with zero attached hydrogens (tertiary/aromatic N) is 4. The van der Waals surface area contributed by atoms with E-state index in [1.807, 2.05) is 56.7 Å². The van der Waals surface area contributed by atoms with E-state index in [-0.39, 0.29) is 30.1 Å². The second-order valence-corrected chi connectivity index (χ2v) is 6.19. The molecule has 9 heteroatoms. The molecule has 0 aliphatic rings. The van der Waals surface area contributed by atoms with Crippen LogP contribution in [0.25, 0.3) is 0 Å². The highest BCUT2D eigenvalue weighted by atomic mass is 127. The number of ether oxygens (including phenoxy) is 1. The molecule has 2 aromatic rings. The first-order chi connectivity index (χ1) is 12.5. The predicted molar refractivity (Wildman–Crippen MR) is 116 cm³/mol. The van der Waals surface area contributed by atoms with E-state index < -0.39 is 6.10 Å². The number of guanidine groups is 1. The fourth-order valence-electron chi connectivity index (χ4n) is 2.29. The lowest BCUT2D eigenvalue weighted by Crippen LogP contribution is -2.39. The first kappa shape index (κ1) is 23.2. The zero-order valence-corrected chi connectivity index (χ0v) is 18.5. The highest BCUT2D eigenvalue weighted by Gasteiger charge is 2.09. The average molecular weight is 488 g/mol. The maximum atomic E-state index is 10.4. The number of aryl methyl sites for hydroxylation is 1. The van der Waals surface area contributed by atoms with Gasteiger partial charge in [0.05, 0.1) is 12.2 Å². The number of rotatable bonds is 8. The van der Waals surface area contributed by atoms with Crippen LogP contribution >= 0.6 is 24.0 Å². The molecule has 1 aromatic heterocycles. The number of aliphatic hydroxyl groups is 1. The monoisotopic (exact) mass is 488 g/mol. The van der Waals surface area contributed by atoms with Crippen molar-refractivity contribution in [1.82, 2.24) is 25.4 Å². The summed E-state index contributed by atoms with van der Waals surface area (Å²) in [6, 6.07) is 7.47. The third-order valence-electron chi connectivity index (χ3n) is 3.63. The fourth-order valence-corrected chi connectivity index (χ4v) is 2.29. The molecule has 8 nitrogen and oxygen atoms in total. The highest BCUT2D eigenvalue weighted by Crippen LogP contribution is 2.18. The predicted octanol–water partition coefficient (Wildman–Crippen LogP) is 2.01. The molecule has 0 amide bonds. The minimum absolute atomic E-state index is 0. The lowest BCUT2D eigenvalue weighted by Gasteiger charge is -2.16. The number of hydrogen-bond acceptors (Lipinski definition) is 5. The van der Waals surface area contributed by atoms with Crippen LogP contribution in [0.3, 0.4) is 0 Å². The van der Waals surface area contributed by atoms with E-state index in [1.54, 1.807) is 6.33 Å². The molecular formula is C18H29IN6O2. The van der Waals surface area contributed by atoms with Crippen molar-refractivity contribution < 1.29 is 9.84 Å². The zero-order valence-electron chi connectivity index (χ0n) is 16.2. The summed E-state index contributed by atoms with van der Waals surface area (Å²) in [6.45, 7) is 7.42. The van der Waals surface area contributed by atoms with Crippen molar-refractivity contribution in [2.24, 2.45) is 12.0 Å². The number of halogens is 1. The van der Waals surface area contributed by atoms with Gasteiger partial charge in [0.15, 0.2) is 11.8 Å². The number of benzene rings is 1. The van der Waals surface area contributed by atoms with E-state index in [2.05, 4.69) is 25.8 Å². The smallest absolute Gasteiger partial charge is 0.191 e. The van der Waals surface area contributed by atoms with Crippen molar-refractivity contribution in [3.8, 4) is 5.75 Å². The Morgan fingerprint density at radius 3 is 2.52 bits per heavy atom. The van der Waals surface area contributed by atoms with Crippen LogP contribution in [0.1, 0.15) is 38.3 Å². The van der Waals surface area contributed by atoms with Crippen LogP contribution < -0.4 is 15.4 Å². The molecule has 27 heavy (non-hydrogen) atoms. The van der Waals surface area contributed by atoms with Crippen molar-refractivity contribution in [3.63, 3.8) is 0 Å². The van der Waals surface area contributed by atoms with Gasteiger partial charge in [0.25, 0.3) is 0 Å². The van der Waals surface area contributed by atoms with Gasteiger partial charge in [-0.15, -0.1) is 34.2 Å². The summed E-state index contributed by atoms with van der Waals surface area (Å²) in [5, 5.41) is 24.5. The number of aliphatic hydroxyl groups excluding tert-OH is 1. The molecule has 1 heterocycles. The molecule has 0 fully saturated rings. The standard InChI is InChI=1S/C18H28N6O2.HI/c1-5-19-18(21-11-17-23-22-12-24(17)4)20-10-16(25)14-6-8-15(9-7-14)26-13(2)3;/h6-9,12-13,16,25H,5,10-11H2,1-4H3,(H2,19,20,21);1H. The van der Waals surface area contributed by atoms with Crippen LogP contribution in [0.15, 0.2) is 35.6 Å². The molecule has 0 spiro atoms. The summed E-state index contributed by atoms with van der Waals surface area (Å²) in [5.41, 5.74) is 0.817. The van der Waals surface area contributed by atoms with Crippen molar-refractivity contribution >= 4 is 29.9 Å². The Morgan fingerprint density at radius 2 is 1.96 bits per heavy atom. The third kappa shape index (κ3) is 7.71. The van der Waals surface area contributed by atoms with E-state index in [1.165, 1.54) is 0 Å². The Balaban J connectivity index is 0.00000364. The second kappa shape index (κ2) is 11.8. The Bertz CT molecular complexity index is 702. The Hall–Kier alpha value is -1.88. The molecule has 1 aromatic carbocycles. The molecule has 0 aliphatic heterocycles. The van der Waals surface area contributed by atoms with Gasteiger partial charge in [-0.25, -0.2) is 4.99 Å². The number of aliphatic imine (C=N–C) groups is 1. The minimum Gasteiger partial charge on any atom is -0.491 e. The van der Waals surface area contributed by atoms with E-state index in [0.29, 0.717) is 19.0 Å². The summed E-state index contributed by atoms with van der Waals surface area (Å²) in [5.74, 6) is 2.18. The molecule has 0 radical (unpaired) electrons. The van der Waals surface area contributed by atoms with Gasteiger partial charge in [0, 0.05) is 20.1 Å². The molecule has 0 aliphatic carbocycles. The average Bonchev–Trinajstić information content (AvgIpc) is 3.02. The number of hydrogen-bond donors (Lipinski definition) is 3. The van der Waals surface area contributed by atoms with Gasteiger partial charge in [-0.05, 0) is 38.5 Å². The summed E-state index contributed by atoms with van der Waals surface area (Å²) in [7, 11) is 1.88. The summed E-state index contributed by atoms with van der Waals surface area (Å²) in [4.78, 5) is 4.47. The van der Waals surface area contributed by atoms with Gasteiger partial charge >= 0.3 is 0 Å². The molecule has 2 rings (SSSR count). The third-order valence-corrected chi connectivity index (χ3v) is 3.63. The molecule has 0 bridgehead atoms. The summed E-state index contributed by atoms with van der Waals surface area (Å²) >= 11 is 0. The van der Waals surface area contributed by atoms with Gasteiger partial charge in [-0.3, -0.25) is 0 Å². The largest absolute Gasteiger partial charge is 0.491 e. The highest BCUT2D eigenvalue weighted by molar-refractivity contribution is 14.0. The van der Waals surface area contributed by atoms with Crippen LogP contribution in [0.4, 0.5) is 0 Å². The SMILES string of the molecule is CCNC(=NCc1nncn1C)NCC(O)c1ccc(OC(C)C)cc1.I. The Kier molecular flexibility index (Phi) is 10.1. The van der Waals surface area contributed by atoms with E-state index in [0.717, 1.165) is 23.7 Å². The number of nitrogens with one attached hydrogen (secondary N) is 2. The van der Waals surface area contributed by atoms with Gasteiger partial charge in [-0.1, -0.05) is 12.1 Å². The summed E-state index contributed by atoms with van der Waals surface area (Å²) < 4.78 is 7.44. The van der Waals surface area contributed by atoms with Crippen LogP contribution in [0.2, 0.25) is 0 Å². The van der Waals surface area contributed by atoms with Gasteiger partial charge in [-0.2, -0.15) is 0 Å². The molecule has 1 atom stereocenters. The topological polar surface area (TPSA) is 96.6 Å². The van der Waals surface area contributed by atoms with Crippen molar-refractivity contribution in [2.75, 3.05) is 13.1 Å². The van der Waals surface area contributed by atoms with Gasteiger partial charge in [0.1, 0.15) is 18.6 Å². The van der Waals surface area contributed by atoms with Crippen molar-refractivity contribution in [1.29, 1.82) is 0 Å².